The van der Waals surface area contributed by atoms with E-state index in [0.717, 1.165) is 38.4 Å². The monoisotopic (exact) mass is 276 g/mol. The molecule has 5 heteroatoms. The Balaban J connectivity index is 1.94. The van der Waals surface area contributed by atoms with Crippen molar-refractivity contribution in [3.05, 3.63) is 29.8 Å². The molecule has 0 unspecified atom stereocenters. The summed E-state index contributed by atoms with van der Waals surface area (Å²) in [6.45, 7) is 7.02. The maximum atomic E-state index is 11.6. The van der Waals surface area contributed by atoms with E-state index in [0.29, 0.717) is 0 Å². The van der Waals surface area contributed by atoms with Gasteiger partial charge in [0.1, 0.15) is 0 Å². The molecule has 1 saturated heterocycles. The number of carbonyl (C=O) groups excluding carboxylic acids is 1. The number of carbonyl (C=O) groups is 1. The molecule has 20 heavy (non-hydrogen) atoms. The molecule has 0 bridgehead atoms. The van der Waals surface area contributed by atoms with Crippen LogP contribution < -0.4 is 11.1 Å². The third-order valence-electron chi connectivity index (χ3n) is 3.61. The Hall–Kier alpha value is -1.43. The van der Waals surface area contributed by atoms with Crippen LogP contribution in [0.5, 0.6) is 0 Å². The first-order chi connectivity index (χ1) is 9.54. The van der Waals surface area contributed by atoms with Gasteiger partial charge in [0.25, 0.3) is 0 Å². The number of benzene rings is 1. The van der Waals surface area contributed by atoms with E-state index in [9.17, 15) is 4.79 Å². The lowest BCUT2D eigenvalue weighted by atomic mass is 10.1. The Morgan fingerprint density at radius 3 is 2.70 bits per heavy atom. The van der Waals surface area contributed by atoms with Gasteiger partial charge in [0, 0.05) is 38.4 Å². The Labute approximate surface area is 120 Å². The highest BCUT2D eigenvalue weighted by molar-refractivity contribution is 5.94. The molecule has 0 saturated carbocycles. The fourth-order valence-corrected chi connectivity index (χ4v) is 2.27. The summed E-state index contributed by atoms with van der Waals surface area (Å²) in [6.07, 6.45) is 0. The Kier molecular flexibility index (Phi) is 5.11. The summed E-state index contributed by atoms with van der Waals surface area (Å²) in [4.78, 5) is 16.4. The third-order valence-corrected chi connectivity index (χ3v) is 3.61. The molecule has 1 aromatic carbocycles. The highest BCUT2D eigenvalue weighted by Gasteiger charge is 2.14. The van der Waals surface area contributed by atoms with Crippen LogP contribution in [0.15, 0.2) is 24.3 Å². The number of piperazine rings is 1. The van der Waals surface area contributed by atoms with Crippen LogP contribution in [0.2, 0.25) is 0 Å². The second kappa shape index (κ2) is 6.83. The lowest BCUT2D eigenvalue weighted by Gasteiger charge is -2.32. The minimum Gasteiger partial charge on any atom is -0.325 e. The zero-order valence-electron chi connectivity index (χ0n) is 12.3. The number of amides is 1. The number of hydrogen-bond donors (Lipinski definition) is 2. The average molecular weight is 276 g/mol. The average Bonchev–Trinajstić information content (AvgIpc) is 2.42. The molecule has 2 rings (SSSR count). The SMILES string of the molecule is C[C@@H](N)C(=O)Nc1cccc(CN2CCN(C)CC2)c1. The maximum Gasteiger partial charge on any atom is 0.240 e. The summed E-state index contributed by atoms with van der Waals surface area (Å²) >= 11 is 0. The lowest BCUT2D eigenvalue weighted by Crippen LogP contribution is -2.43. The van der Waals surface area contributed by atoms with Gasteiger partial charge < -0.3 is 16.0 Å². The van der Waals surface area contributed by atoms with Crippen molar-refractivity contribution in [2.24, 2.45) is 5.73 Å². The van der Waals surface area contributed by atoms with E-state index in [1.165, 1.54) is 5.56 Å². The summed E-state index contributed by atoms with van der Waals surface area (Å²) in [7, 11) is 2.15. The number of hydrogen-bond acceptors (Lipinski definition) is 4. The van der Waals surface area contributed by atoms with E-state index >= 15 is 0 Å². The molecule has 0 aliphatic carbocycles. The van der Waals surface area contributed by atoms with Gasteiger partial charge in [0.15, 0.2) is 0 Å². The van der Waals surface area contributed by atoms with Crippen molar-refractivity contribution in [2.75, 3.05) is 38.5 Å². The van der Waals surface area contributed by atoms with E-state index < -0.39 is 6.04 Å². The van der Waals surface area contributed by atoms with Gasteiger partial charge in [0.05, 0.1) is 6.04 Å². The van der Waals surface area contributed by atoms with Crippen LogP contribution in [-0.4, -0.2) is 55.0 Å². The van der Waals surface area contributed by atoms with Crippen LogP contribution in [0.25, 0.3) is 0 Å². The third kappa shape index (κ3) is 4.30. The molecule has 1 aliphatic heterocycles. The molecule has 3 N–H and O–H groups in total. The molecule has 110 valence electrons. The standard InChI is InChI=1S/C15H24N4O/c1-12(16)15(20)17-14-5-3-4-13(10-14)11-19-8-6-18(2)7-9-19/h3-5,10,12H,6-9,11,16H2,1-2H3,(H,17,20)/t12-/m1/s1. The molecule has 0 aromatic heterocycles. The Bertz CT molecular complexity index is 453. The van der Waals surface area contributed by atoms with Crippen LogP contribution >= 0.6 is 0 Å². The molecule has 1 aromatic rings. The second-order valence-electron chi connectivity index (χ2n) is 5.56. The predicted octanol–water partition coefficient (Wildman–Crippen LogP) is 0.720. The smallest absolute Gasteiger partial charge is 0.240 e. The van der Waals surface area contributed by atoms with Gasteiger partial charge in [-0.05, 0) is 31.7 Å². The topological polar surface area (TPSA) is 61.6 Å². The summed E-state index contributed by atoms with van der Waals surface area (Å²) < 4.78 is 0. The lowest BCUT2D eigenvalue weighted by molar-refractivity contribution is -0.117. The normalized spacial score (nSPS) is 18.8. The van der Waals surface area contributed by atoms with Crippen molar-refractivity contribution in [1.29, 1.82) is 0 Å². The van der Waals surface area contributed by atoms with Gasteiger partial charge in [-0.25, -0.2) is 0 Å². The number of nitrogens with zero attached hydrogens (tertiary/aromatic N) is 2. The fourth-order valence-electron chi connectivity index (χ4n) is 2.27. The zero-order valence-corrected chi connectivity index (χ0v) is 12.3. The van der Waals surface area contributed by atoms with Crippen molar-refractivity contribution in [2.45, 2.75) is 19.5 Å². The molecule has 1 amide bonds. The van der Waals surface area contributed by atoms with Gasteiger partial charge >= 0.3 is 0 Å². The minimum atomic E-state index is -0.490. The molecule has 1 fully saturated rings. The number of nitrogens with one attached hydrogen (secondary N) is 1. The highest BCUT2D eigenvalue weighted by atomic mass is 16.2. The van der Waals surface area contributed by atoms with Crippen molar-refractivity contribution < 1.29 is 4.79 Å². The summed E-state index contributed by atoms with van der Waals surface area (Å²) in [5.41, 5.74) is 7.60. The van der Waals surface area contributed by atoms with E-state index in [1.807, 2.05) is 18.2 Å². The van der Waals surface area contributed by atoms with Crippen LogP contribution in [-0.2, 0) is 11.3 Å². The molecular formula is C15H24N4O. The first kappa shape index (κ1) is 15.0. The van der Waals surface area contributed by atoms with Gasteiger partial charge in [-0.1, -0.05) is 12.1 Å². The highest BCUT2D eigenvalue weighted by Crippen LogP contribution is 2.14. The molecular weight excluding hydrogens is 252 g/mol. The van der Waals surface area contributed by atoms with Crippen LogP contribution in [0.3, 0.4) is 0 Å². The Morgan fingerprint density at radius 2 is 2.05 bits per heavy atom. The second-order valence-corrected chi connectivity index (χ2v) is 5.56. The quantitative estimate of drug-likeness (QED) is 0.850. The first-order valence-corrected chi connectivity index (χ1v) is 7.11. The molecule has 1 heterocycles. The number of nitrogens with two attached hydrogens (primary N) is 1. The van der Waals surface area contributed by atoms with Gasteiger partial charge in [0.2, 0.25) is 5.91 Å². The van der Waals surface area contributed by atoms with Crippen molar-refractivity contribution in [3.63, 3.8) is 0 Å². The van der Waals surface area contributed by atoms with Crippen molar-refractivity contribution >= 4 is 11.6 Å². The van der Waals surface area contributed by atoms with Crippen molar-refractivity contribution in [1.82, 2.24) is 9.80 Å². The van der Waals surface area contributed by atoms with E-state index in [2.05, 4.69) is 28.2 Å². The maximum absolute atomic E-state index is 11.6. The molecule has 5 nitrogen and oxygen atoms in total. The van der Waals surface area contributed by atoms with Crippen molar-refractivity contribution in [3.8, 4) is 0 Å². The number of likely N-dealkylation sites (N-methyl/N-ethyl adjacent to an activating group) is 1. The van der Waals surface area contributed by atoms with Crippen LogP contribution in [0.4, 0.5) is 5.69 Å². The molecule has 1 aliphatic rings. The first-order valence-electron chi connectivity index (χ1n) is 7.11. The van der Waals surface area contributed by atoms with Crippen LogP contribution in [0.1, 0.15) is 12.5 Å². The van der Waals surface area contributed by atoms with Gasteiger partial charge in [-0.15, -0.1) is 0 Å². The number of rotatable bonds is 4. The summed E-state index contributed by atoms with van der Waals surface area (Å²) in [5.74, 6) is -0.151. The molecule has 0 spiro atoms. The number of anilines is 1. The summed E-state index contributed by atoms with van der Waals surface area (Å²) in [6, 6.07) is 7.50. The van der Waals surface area contributed by atoms with E-state index in [1.54, 1.807) is 6.92 Å². The van der Waals surface area contributed by atoms with Gasteiger partial charge in [-0.2, -0.15) is 0 Å². The molecule has 0 radical (unpaired) electrons. The fraction of sp³-hybridized carbons (Fsp3) is 0.533. The van der Waals surface area contributed by atoms with Crippen LogP contribution in [0, 0.1) is 0 Å². The minimum absolute atomic E-state index is 0.151. The molecule has 1 atom stereocenters. The van der Waals surface area contributed by atoms with Gasteiger partial charge in [-0.3, -0.25) is 9.69 Å². The summed E-state index contributed by atoms with van der Waals surface area (Å²) in [5, 5.41) is 2.84. The van der Waals surface area contributed by atoms with E-state index in [4.69, 9.17) is 5.73 Å². The Morgan fingerprint density at radius 1 is 1.35 bits per heavy atom. The van der Waals surface area contributed by atoms with E-state index in [-0.39, 0.29) is 5.91 Å². The zero-order chi connectivity index (χ0) is 14.5. The predicted molar refractivity (Wildman–Crippen MR) is 81.5 cm³/mol. The largest absolute Gasteiger partial charge is 0.325 e.